The summed E-state index contributed by atoms with van der Waals surface area (Å²) in [5.41, 5.74) is 6.91. The van der Waals surface area contributed by atoms with Gasteiger partial charge in [0, 0.05) is 6.07 Å². The molecule has 0 saturated carbocycles. The van der Waals surface area contributed by atoms with Crippen LogP contribution in [0.15, 0.2) is 51.7 Å². The molecular weight excluding hydrogens is 361 g/mol. The molecule has 0 saturated heterocycles. The average Bonchev–Trinajstić information content (AvgIpc) is 2.67. The zero-order valence-electron chi connectivity index (χ0n) is 16.0. The molecule has 0 amide bonds. The molecule has 3 rings (SSSR count). The zero-order valence-corrected chi connectivity index (χ0v) is 16.0. The van der Waals surface area contributed by atoms with E-state index >= 15 is 0 Å². The van der Waals surface area contributed by atoms with E-state index in [2.05, 4.69) is 0 Å². The van der Waals surface area contributed by atoms with Crippen LogP contribution in [0.2, 0.25) is 0 Å². The minimum Gasteiger partial charge on any atom is -0.460 e. The second kappa shape index (κ2) is 7.94. The van der Waals surface area contributed by atoms with Crippen LogP contribution in [0.5, 0.6) is 5.75 Å². The molecule has 0 aliphatic heterocycles. The second-order valence-electron chi connectivity index (χ2n) is 6.86. The van der Waals surface area contributed by atoms with Crippen molar-refractivity contribution in [1.29, 1.82) is 0 Å². The van der Waals surface area contributed by atoms with Crippen molar-refractivity contribution < 1.29 is 18.3 Å². The van der Waals surface area contributed by atoms with Gasteiger partial charge in [-0.3, -0.25) is 4.79 Å². The SMILES string of the molecule is CCC(C)C(N)C(=O)Oc1ccc2c(=O)c(-c3ccc(F)cc3)c(C)oc2c1. The maximum absolute atomic E-state index is 13.2. The lowest BCUT2D eigenvalue weighted by Gasteiger charge is -2.16. The van der Waals surface area contributed by atoms with Gasteiger partial charge in [-0.2, -0.15) is 0 Å². The maximum Gasteiger partial charge on any atom is 0.328 e. The Morgan fingerprint density at radius 1 is 1.21 bits per heavy atom. The third kappa shape index (κ3) is 3.82. The molecular formula is C22H22FNO4. The van der Waals surface area contributed by atoms with Crippen molar-refractivity contribution in [2.24, 2.45) is 11.7 Å². The summed E-state index contributed by atoms with van der Waals surface area (Å²) in [6.07, 6.45) is 0.758. The van der Waals surface area contributed by atoms with Crippen LogP contribution in [0.4, 0.5) is 4.39 Å². The number of halogens is 1. The number of fused-ring (bicyclic) bond motifs is 1. The van der Waals surface area contributed by atoms with Crippen molar-refractivity contribution >= 4 is 16.9 Å². The Balaban J connectivity index is 1.98. The second-order valence-corrected chi connectivity index (χ2v) is 6.86. The molecule has 1 heterocycles. The highest BCUT2D eigenvalue weighted by molar-refractivity contribution is 5.85. The van der Waals surface area contributed by atoms with Crippen molar-refractivity contribution in [2.75, 3.05) is 0 Å². The Labute approximate surface area is 161 Å². The van der Waals surface area contributed by atoms with E-state index in [1.807, 2.05) is 13.8 Å². The molecule has 1 aromatic heterocycles. The predicted molar refractivity (Wildman–Crippen MR) is 106 cm³/mol. The van der Waals surface area contributed by atoms with Gasteiger partial charge >= 0.3 is 5.97 Å². The van der Waals surface area contributed by atoms with Gasteiger partial charge in [-0.15, -0.1) is 0 Å². The number of rotatable bonds is 5. The van der Waals surface area contributed by atoms with Crippen LogP contribution in [0, 0.1) is 18.7 Å². The number of esters is 1. The molecule has 0 aliphatic rings. The Hall–Kier alpha value is -2.99. The Kier molecular flexibility index (Phi) is 5.61. The van der Waals surface area contributed by atoms with Crippen LogP contribution in [-0.4, -0.2) is 12.0 Å². The Morgan fingerprint density at radius 2 is 1.89 bits per heavy atom. The first-order chi connectivity index (χ1) is 13.3. The fourth-order valence-electron chi connectivity index (χ4n) is 2.97. The van der Waals surface area contributed by atoms with Crippen molar-refractivity contribution in [3.8, 4) is 16.9 Å². The van der Waals surface area contributed by atoms with E-state index in [0.717, 1.165) is 6.42 Å². The first-order valence-corrected chi connectivity index (χ1v) is 9.12. The van der Waals surface area contributed by atoms with Gasteiger partial charge in [0.1, 0.15) is 29.0 Å². The van der Waals surface area contributed by atoms with Gasteiger partial charge in [0.15, 0.2) is 0 Å². The van der Waals surface area contributed by atoms with Crippen LogP contribution in [0.25, 0.3) is 22.1 Å². The predicted octanol–water partition coefficient (Wildman–Crippen LogP) is 4.19. The number of nitrogens with two attached hydrogens (primary N) is 1. The topological polar surface area (TPSA) is 82.5 Å². The zero-order chi connectivity index (χ0) is 20.4. The molecule has 2 N–H and O–H groups in total. The van der Waals surface area contributed by atoms with Crippen LogP contribution in [-0.2, 0) is 4.79 Å². The number of carbonyl (C=O) groups is 1. The molecule has 0 bridgehead atoms. The van der Waals surface area contributed by atoms with Gasteiger partial charge in [0.05, 0.1) is 10.9 Å². The molecule has 2 atom stereocenters. The fraction of sp³-hybridized carbons (Fsp3) is 0.273. The molecule has 0 fully saturated rings. The Bertz CT molecular complexity index is 1070. The van der Waals surface area contributed by atoms with E-state index < -0.39 is 12.0 Å². The third-order valence-electron chi connectivity index (χ3n) is 4.92. The van der Waals surface area contributed by atoms with Gasteiger partial charge in [-0.25, -0.2) is 9.18 Å². The molecule has 5 nitrogen and oxygen atoms in total. The summed E-state index contributed by atoms with van der Waals surface area (Å²) in [5.74, 6) is -0.270. The highest BCUT2D eigenvalue weighted by Gasteiger charge is 2.22. The van der Waals surface area contributed by atoms with E-state index in [0.29, 0.717) is 27.9 Å². The molecule has 3 aromatic rings. The molecule has 2 aromatic carbocycles. The van der Waals surface area contributed by atoms with Gasteiger partial charge in [-0.1, -0.05) is 32.4 Å². The third-order valence-corrected chi connectivity index (χ3v) is 4.92. The van der Waals surface area contributed by atoms with Crippen LogP contribution in [0.3, 0.4) is 0 Å². The van der Waals surface area contributed by atoms with Crippen molar-refractivity contribution in [3.63, 3.8) is 0 Å². The largest absolute Gasteiger partial charge is 0.460 e. The van der Waals surface area contributed by atoms with E-state index in [1.165, 1.54) is 36.4 Å². The number of benzene rings is 2. The van der Waals surface area contributed by atoms with Crippen LogP contribution < -0.4 is 15.9 Å². The number of hydrogen-bond acceptors (Lipinski definition) is 5. The summed E-state index contributed by atoms with van der Waals surface area (Å²) in [5, 5.41) is 0.343. The fourth-order valence-corrected chi connectivity index (χ4v) is 2.97. The first-order valence-electron chi connectivity index (χ1n) is 9.12. The van der Waals surface area contributed by atoms with Crippen LogP contribution in [0.1, 0.15) is 26.0 Å². The smallest absolute Gasteiger partial charge is 0.328 e. The highest BCUT2D eigenvalue weighted by Crippen LogP contribution is 2.27. The van der Waals surface area contributed by atoms with Crippen molar-refractivity contribution in [3.05, 3.63) is 64.3 Å². The lowest BCUT2D eigenvalue weighted by atomic mass is 10.0. The lowest BCUT2D eigenvalue weighted by Crippen LogP contribution is -2.39. The van der Waals surface area contributed by atoms with E-state index in [9.17, 15) is 14.0 Å². The number of carbonyl (C=O) groups excluding carboxylic acids is 1. The molecule has 0 aliphatic carbocycles. The quantitative estimate of drug-likeness (QED) is 0.528. The number of aryl methyl sites for hydroxylation is 1. The van der Waals surface area contributed by atoms with E-state index in [4.69, 9.17) is 14.9 Å². The van der Waals surface area contributed by atoms with Gasteiger partial charge < -0.3 is 14.9 Å². The van der Waals surface area contributed by atoms with Crippen molar-refractivity contribution in [1.82, 2.24) is 0 Å². The first kappa shape index (κ1) is 19.8. The molecule has 146 valence electrons. The summed E-state index contributed by atoms with van der Waals surface area (Å²) >= 11 is 0. The molecule has 0 spiro atoms. The summed E-state index contributed by atoms with van der Waals surface area (Å²) in [6.45, 7) is 5.49. The van der Waals surface area contributed by atoms with E-state index in [-0.39, 0.29) is 22.9 Å². The molecule has 2 unspecified atom stereocenters. The minimum atomic E-state index is -0.727. The molecule has 28 heavy (non-hydrogen) atoms. The summed E-state index contributed by atoms with van der Waals surface area (Å²) < 4.78 is 24.3. The van der Waals surface area contributed by atoms with Crippen molar-refractivity contribution in [2.45, 2.75) is 33.2 Å². The van der Waals surface area contributed by atoms with Gasteiger partial charge in [-0.05, 0) is 42.7 Å². The maximum atomic E-state index is 13.2. The summed E-state index contributed by atoms with van der Waals surface area (Å²) in [4.78, 5) is 25.1. The lowest BCUT2D eigenvalue weighted by molar-refractivity contribution is -0.137. The standard InChI is InChI=1S/C22H22FNO4/c1-4-12(2)20(24)22(26)28-16-9-10-17-18(11-16)27-13(3)19(21(17)25)14-5-7-15(23)8-6-14/h5-12,20H,4,24H2,1-3H3. The monoisotopic (exact) mass is 383 g/mol. The number of hydrogen-bond donors (Lipinski definition) is 1. The average molecular weight is 383 g/mol. The van der Waals surface area contributed by atoms with Gasteiger partial charge in [0.25, 0.3) is 0 Å². The van der Waals surface area contributed by atoms with Crippen LogP contribution >= 0.6 is 0 Å². The minimum absolute atomic E-state index is 0.00796. The molecule has 0 radical (unpaired) electrons. The van der Waals surface area contributed by atoms with E-state index in [1.54, 1.807) is 13.0 Å². The summed E-state index contributed by atoms with van der Waals surface area (Å²) in [7, 11) is 0. The Morgan fingerprint density at radius 3 is 2.54 bits per heavy atom. The highest BCUT2D eigenvalue weighted by atomic mass is 19.1. The number of ether oxygens (including phenoxy) is 1. The summed E-state index contributed by atoms with van der Waals surface area (Å²) in [6, 6.07) is 9.51. The normalized spacial score (nSPS) is 13.3. The molecule has 6 heteroatoms. The van der Waals surface area contributed by atoms with Gasteiger partial charge in [0.2, 0.25) is 5.43 Å².